The van der Waals surface area contributed by atoms with Gasteiger partial charge in [-0.15, -0.1) is 0 Å². The first-order valence-electron chi connectivity index (χ1n) is 6.14. The molecule has 2 rings (SSSR count). The van der Waals surface area contributed by atoms with Gasteiger partial charge in [0, 0.05) is 6.04 Å². The van der Waals surface area contributed by atoms with Crippen LogP contribution in [0, 0.1) is 20.8 Å². The summed E-state index contributed by atoms with van der Waals surface area (Å²) in [5.41, 5.74) is 3.99. The van der Waals surface area contributed by atoms with Gasteiger partial charge >= 0.3 is 0 Å². The molecule has 0 aromatic heterocycles. The van der Waals surface area contributed by atoms with E-state index in [9.17, 15) is 0 Å². The largest absolute Gasteiger partial charge is 0.0879 e. The van der Waals surface area contributed by atoms with Crippen molar-refractivity contribution in [2.75, 3.05) is 6.66 Å². The molecule has 0 amide bonds. The highest BCUT2D eigenvalue weighted by Crippen LogP contribution is 2.41. The molecule has 0 fully saturated rings. The van der Waals surface area contributed by atoms with Crippen LogP contribution in [0.1, 0.15) is 16.7 Å². The van der Waals surface area contributed by atoms with Crippen LogP contribution in [0.25, 0.3) is 0 Å². The molecule has 2 aromatic rings. The first kappa shape index (κ1) is 13.5. The zero-order valence-corrected chi connectivity index (χ0v) is 13.1. The Hall–Kier alpha value is -0.910. The molecular weight excluding hydrogens is 255 g/mol. The standard InChI is InChI=1S/C16H19PS/c1-12-10-13(2)16(14(3)11-12)17(4,18)15-8-6-5-7-9-15/h5-11H,1-4H3/t17-/m0/s1. The van der Waals surface area contributed by atoms with E-state index in [1.807, 2.05) is 6.07 Å². The number of aryl methyl sites for hydroxylation is 3. The fourth-order valence-corrected chi connectivity index (χ4v) is 6.39. The van der Waals surface area contributed by atoms with Crippen LogP contribution >= 0.6 is 6.04 Å². The maximum Gasteiger partial charge on any atom is 0.00813 e. The third kappa shape index (κ3) is 2.43. The van der Waals surface area contributed by atoms with Gasteiger partial charge in [0.25, 0.3) is 0 Å². The van der Waals surface area contributed by atoms with Gasteiger partial charge in [-0.25, -0.2) is 0 Å². The lowest BCUT2D eigenvalue weighted by Gasteiger charge is -2.23. The third-order valence-corrected chi connectivity index (χ3v) is 7.33. The molecule has 0 aliphatic heterocycles. The van der Waals surface area contributed by atoms with Crippen LogP contribution in [0.5, 0.6) is 0 Å². The molecule has 0 saturated carbocycles. The highest BCUT2D eigenvalue weighted by molar-refractivity contribution is 8.21. The van der Waals surface area contributed by atoms with Crippen molar-refractivity contribution in [2.24, 2.45) is 0 Å². The lowest BCUT2D eigenvalue weighted by Crippen LogP contribution is -2.20. The highest BCUT2D eigenvalue weighted by Gasteiger charge is 2.20. The molecule has 0 aliphatic rings. The van der Waals surface area contributed by atoms with Gasteiger partial charge in [-0.05, 0) is 49.2 Å². The van der Waals surface area contributed by atoms with Crippen LogP contribution in [0.3, 0.4) is 0 Å². The summed E-state index contributed by atoms with van der Waals surface area (Å²) in [5, 5.41) is 2.68. The minimum absolute atomic E-state index is 1.30. The Labute approximate surface area is 115 Å². The zero-order valence-electron chi connectivity index (χ0n) is 11.4. The van der Waals surface area contributed by atoms with Crippen molar-refractivity contribution >= 4 is 28.5 Å². The normalized spacial score (nSPS) is 14.2. The van der Waals surface area contributed by atoms with Crippen LogP contribution in [0.2, 0.25) is 0 Å². The van der Waals surface area contributed by atoms with E-state index in [4.69, 9.17) is 11.8 Å². The Kier molecular flexibility index (Phi) is 3.75. The van der Waals surface area contributed by atoms with Crippen molar-refractivity contribution in [3.63, 3.8) is 0 Å². The average molecular weight is 274 g/mol. The fraction of sp³-hybridized carbons (Fsp3) is 0.250. The second-order valence-electron chi connectivity index (χ2n) is 5.01. The Morgan fingerprint density at radius 3 is 1.89 bits per heavy atom. The molecule has 18 heavy (non-hydrogen) atoms. The van der Waals surface area contributed by atoms with Crippen molar-refractivity contribution in [3.05, 3.63) is 59.2 Å². The summed E-state index contributed by atoms with van der Waals surface area (Å²) in [7, 11) is 0. The van der Waals surface area contributed by atoms with E-state index in [0.717, 1.165) is 0 Å². The lowest BCUT2D eigenvalue weighted by atomic mass is 10.1. The van der Waals surface area contributed by atoms with Gasteiger partial charge in [0.05, 0.1) is 0 Å². The minimum atomic E-state index is -1.66. The third-order valence-electron chi connectivity index (χ3n) is 3.31. The summed E-state index contributed by atoms with van der Waals surface area (Å²) in [6.45, 7) is 8.75. The van der Waals surface area contributed by atoms with Gasteiger partial charge in [-0.3, -0.25) is 0 Å². The van der Waals surface area contributed by atoms with Crippen LogP contribution < -0.4 is 10.6 Å². The summed E-state index contributed by atoms with van der Waals surface area (Å²) < 4.78 is 0. The molecular formula is C16H19PS. The molecule has 0 nitrogen and oxygen atoms in total. The summed E-state index contributed by atoms with van der Waals surface area (Å²) in [6.07, 6.45) is 0. The van der Waals surface area contributed by atoms with E-state index in [-0.39, 0.29) is 0 Å². The van der Waals surface area contributed by atoms with E-state index in [0.29, 0.717) is 0 Å². The van der Waals surface area contributed by atoms with Crippen molar-refractivity contribution in [2.45, 2.75) is 20.8 Å². The Morgan fingerprint density at radius 1 is 0.889 bits per heavy atom. The molecule has 0 unspecified atom stereocenters. The number of hydrogen-bond acceptors (Lipinski definition) is 1. The van der Waals surface area contributed by atoms with E-state index in [1.165, 1.54) is 27.3 Å². The summed E-state index contributed by atoms with van der Waals surface area (Å²) in [5.74, 6) is 0. The maximum absolute atomic E-state index is 6.01. The van der Waals surface area contributed by atoms with Crippen molar-refractivity contribution < 1.29 is 0 Å². The summed E-state index contributed by atoms with van der Waals surface area (Å²) in [4.78, 5) is 0. The summed E-state index contributed by atoms with van der Waals surface area (Å²) >= 11 is 6.01. The Bertz CT molecular complexity index is 591. The molecule has 0 bridgehead atoms. The van der Waals surface area contributed by atoms with Crippen LogP contribution in [0.4, 0.5) is 0 Å². The first-order valence-corrected chi connectivity index (χ1v) is 9.39. The van der Waals surface area contributed by atoms with E-state index < -0.39 is 6.04 Å². The second-order valence-corrected chi connectivity index (χ2v) is 10.0. The topological polar surface area (TPSA) is 0 Å². The molecule has 0 saturated heterocycles. The smallest absolute Gasteiger partial charge is 0.00813 e. The van der Waals surface area contributed by atoms with E-state index in [1.54, 1.807) is 0 Å². The van der Waals surface area contributed by atoms with Gasteiger partial charge in [-0.1, -0.05) is 59.8 Å². The van der Waals surface area contributed by atoms with Crippen LogP contribution in [-0.2, 0) is 11.8 Å². The van der Waals surface area contributed by atoms with Gasteiger partial charge in [0.2, 0.25) is 0 Å². The SMILES string of the molecule is Cc1cc(C)c([P@@](C)(=S)c2ccccc2)c(C)c1. The van der Waals surface area contributed by atoms with Crippen molar-refractivity contribution in [1.82, 2.24) is 0 Å². The van der Waals surface area contributed by atoms with Gasteiger partial charge in [0.1, 0.15) is 0 Å². The number of rotatable bonds is 2. The molecule has 0 N–H and O–H groups in total. The fourth-order valence-electron chi connectivity index (χ4n) is 2.69. The zero-order chi connectivity index (χ0) is 13.3. The molecule has 1 atom stereocenters. The van der Waals surface area contributed by atoms with E-state index in [2.05, 4.69) is 63.8 Å². The van der Waals surface area contributed by atoms with Crippen LogP contribution in [-0.4, -0.2) is 6.66 Å². The minimum Gasteiger partial charge on any atom is -0.0879 e. The predicted molar refractivity (Wildman–Crippen MR) is 86.6 cm³/mol. The van der Waals surface area contributed by atoms with Crippen LogP contribution in [0.15, 0.2) is 42.5 Å². The van der Waals surface area contributed by atoms with Gasteiger partial charge < -0.3 is 0 Å². The Balaban J connectivity index is 2.66. The first-order chi connectivity index (χ1) is 8.43. The van der Waals surface area contributed by atoms with E-state index >= 15 is 0 Å². The van der Waals surface area contributed by atoms with Gasteiger partial charge in [-0.2, -0.15) is 0 Å². The molecule has 2 heteroatoms. The quantitative estimate of drug-likeness (QED) is 0.753. The molecule has 2 aromatic carbocycles. The van der Waals surface area contributed by atoms with Crippen molar-refractivity contribution in [1.29, 1.82) is 0 Å². The van der Waals surface area contributed by atoms with Crippen molar-refractivity contribution in [3.8, 4) is 0 Å². The average Bonchev–Trinajstić information content (AvgIpc) is 2.28. The monoisotopic (exact) mass is 274 g/mol. The highest BCUT2D eigenvalue weighted by atomic mass is 32.4. The second kappa shape index (κ2) is 4.99. The molecule has 0 heterocycles. The molecule has 94 valence electrons. The molecule has 0 spiro atoms. The maximum atomic E-state index is 6.01. The lowest BCUT2D eigenvalue weighted by molar-refractivity contribution is 1.35. The number of hydrogen-bond donors (Lipinski definition) is 0. The predicted octanol–water partition coefficient (Wildman–Crippen LogP) is 3.67. The number of benzene rings is 2. The summed E-state index contributed by atoms with van der Waals surface area (Å²) in [6, 6.07) is 13.4. The molecule has 0 radical (unpaired) electrons. The molecule has 0 aliphatic carbocycles. The van der Waals surface area contributed by atoms with Gasteiger partial charge in [0.15, 0.2) is 0 Å². The Morgan fingerprint density at radius 2 is 1.39 bits per heavy atom.